The Kier molecular flexibility index (Phi) is 3.36. The van der Waals surface area contributed by atoms with E-state index in [0.29, 0.717) is 17.2 Å². The maximum absolute atomic E-state index is 11.8. The van der Waals surface area contributed by atoms with Gasteiger partial charge in [0.05, 0.1) is 0 Å². The van der Waals surface area contributed by atoms with Gasteiger partial charge in [-0.2, -0.15) is 0 Å². The van der Waals surface area contributed by atoms with Gasteiger partial charge in [-0.1, -0.05) is 13.0 Å². The number of hydrogen-bond donors (Lipinski definition) is 1. The van der Waals surface area contributed by atoms with E-state index in [2.05, 4.69) is 12.2 Å². The Morgan fingerprint density at radius 2 is 2.00 bits per heavy atom. The fraction of sp³-hybridized carbons (Fsp3) is 0.429. The molecule has 96 valence electrons. The average Bonchev–Trinajstić information content (AvgIpc) is 3.06. The van der Waals surface area contributed by atoms with Gasteiger partial charge in [0.15, 0.2) is 0 Å². The zero-order valence-corrected chi connectivity index (χ0v) is 10.9. The summed E-state index contributed by atoms with van der Waals surface area (Å²) in [6.07, 6.45) is 0.960. The van der Waals surface area contributed by atoms with Crippen molar-refractivity contribution in [2.24, 2.45) is 11.8 Å². The molecule has 0 spiro atoms. The summed E-state index contributed by atoms with van der Waals surface area (Å²) in [6.45, 7) is 2.07. The van der Waals surface area contributed by atoms with Crippen LogP contribution in [0.15, 0.2) is 24.3 Å². The van der Waals surface area contributed by atoms with E-state index in [-0.39, 0.29) is 17.7 Å². The van der Waals surface area contributed by atoms with E-state index in [0.717, 1.165) is 6.42 Å². The maximum Gasteiger partial charge on any atom is 0.253 e. The number of carbonyl (C=O) groups is 2. The van der Waals surface area contributed by atoms with E-state index in [1.165, 1.54) is 4.90 Å². The molecule has 1 aliphatic rings. The van der Waals surface area contributed by atoms with Crippen LogP contribution in [0, 0.1) is 11.8 Å². The molecule has 0 heterocycles. The monoisotopic (exact) mass is 246 g/mol. The van der Waals surface area contributed by atoms with Crippen LogP contribution < -0.4 is 5.32 Å². The van der Waals surface area contributed by atoms with Crippen LogP contribution in [0.25, 0.3) is 0 Å². The Morgan fingerprint density at radius 1 is 1.33 bits per heavy atom. The Hall–Kier alpha value is -1.84. The van der Waals surface area contributed by atoms with Crippen molar-refractivity contribution < 1.29 is 9.59 Å². The number of amides is 2. The SMILES string of the molecule is CC1CC1C(=O)Nc1cccc(C(=O)N(C)C)c1. The van der Waals surface area contributed by atoms with Gasteiger partial charge in [0, 0.05) is 31.3 Å². The summed E-state index contributed by atoms with van der Waals surface area (Å²) in [5, 5.41) is 2.86. The van der Waals surface area contributed by atoms with Gasteiger partial charge in [0.25, 0.3) is 5.91 Å². The van der Waals surface area contributed by atoms with Crippen LogP contribution in [0.5, 0.6) is 0 Å². The lowest BCUT2D eigenvalue weighted by atomic mass is 10.1. The van der Waals surface area contributed by atoms with Crippen LogP contribution in [0.3, 0.4) is 0 Å². The first kappa shape index (κ1) is 12.6. The molecule has 4 nitrogen and oxygen atoms in total. The molecule has 1 aromatic rings. The molecule has 0 aromatic heterocycles. The normalized spacial score (nSPS) is 21.3. The van der Waals surface area contributed by atoms with Crippen molar-refractivity contribution in [2.45, 2.75) is 13.3 Å². The Labute approximate surface area is 107 Å². The topological polar surface area (TPSA) is 49.4 Å². The molecule has 1 aromatic carbocycles. The van der Waals surface area contributed by atoms with Crippen LogP contribution in [0.1, 0.15) is 23.7 Å². The standard InChI is InChI=1S/C14H18N2O2/c1-9-7-12(9)13(17)15-11-6-4-5-10(8-11)14(18)16(2)3/h4-6,8-9,12H,7H2,1-3H3,(H,15,17). The summed E-state index contributed by atoms with van der Waals surface area (Å²) >= 11 is 0. The lowest BCUT2D eigenvalue weighted by Gasteiger charge is -2.11. The van der Waals surface area contributed by atoms with Crippen molar-refractivity contribution in [3.05, 3.63) is 29.8 Å². The third kappa shape index (κ3) is 2.70. The molecule has 0 aliphatic heterocycles. The van der Waals surface area contributed by atoms with Gasteiger partial charge in [0.2, 0.25) is 5.91 Å². The highest BCUT2D eigenvalue weighted by molar-refractivity contribution is 5.98. The number of anilines is 1. The highest BCUT2D eigenvalue weighted by atomic mass is 16.2. The van der Waals surface area contributed by atoms with Gasteiger partial charge in [-0.05, 0) is 30.5 Å². The molecule has 2 unspecified atom stereocenters. The second-order valence-electron chi connectivity index (χ2n) is 5.09. The predicted molar refractivity (Wildman–Crippen MR) is 70.4 cm³/mol. The van der Waals surface area contributed by atoms with Crippen molar-refractivity contribution in [3.8, 4) is 0 Å². The molecule has 2 rings (SSSR count). The number of nitrogens with one attached hydrogen (secondary N) is 1. The Morgan fingerprint density at radius 3 is 2.56 bits per heavy atom. The first-order valence-corrected chi connectivity index (χ1v) is 6.11. The van der Waals surface area contributed by atoms with Crippen LogP contribution in [-0.2, 0) is 4.79 Å². The number of hydrogen-bond acceptors (Lipinski definition) is 2. The predicted octanol–water partition coefficient (Wildman–Crippen LogP) is 1.98. The zero-order valence-electron chi connectivity index (χ0n) is 10.9. The van der Waals surface area contributed by atoms with Crippen LogP contribution in [-0.4, -0.2) is 30.8 Å². The average molecular weight is 246 g/mol. The third-order valence-corrected chi connectivity index (χ3v) is 3.23. The number of rotatable bonds is 3. The maximum atomic E-state index is 11.8. The van der Waals surface area contributed by atoms with E-state index in [9.17, 15) is 9.59 Å². The van der Waals surface area contributed by atoms with Crippen LogP contribution in [0.4, 0.5) is 5.69 Å². The number of carbonyl (C=O) groups excluding carboxylic acids is 2. The summed E-state index contributed by atoms with van der Waals surface area (Å²) in [6, 6.07) is 7.05. The molecule has 0 saturated heterocycles. The first-order chi connectivity index (χ1) is 8.49. The molecule has 2 amide bonds. The zero-order chi connectivity index (χ0) is 13.3. The second-order valence-corrected chi connectivity index (χ2v) is 5.09. The molecule has 4 heteroatoms. The molecule has 2 atom stereocenters. The van der Waals surface area contributed by atoms with Gasteiger partial charge >= 0.3 is 0 Å². The largest absolute Gasteiger partial charge is 0.345 e. The van der Waals surface area contributed by atoms with Gasteiger partial charge in [0.1, 0.15) is 0 Å². The fourth-order valence-electron chi connectivity index (χ4n) is 1.91. The molecular formula is C14H18N2O2. The lowest BCUT2D eigenvalue weighted by molar-refractivity contribution is -0.117. The Balaban J connectivity index is 2.07. The molecule has 18 heavy (non-hydrogen) atoms. The number of nitrogens with zero attached hydrogens (tertiary/aromatic N) is 1. The van der Waals surface area contributed by atoms with Crippen LogP contribution in [0.2, 0.25) is 0 Å². The molecule has 0 radical (unpaired) electrons. The smallest absolute Gasteiger partial charge is 0.253 e. The van der Waals surface area contributed by atoms with Gasteiger partial charge < -0.3 is 10.2 Å². The second kappa shape index (κ2) is 4.80. The lowest BCUT2D eigenvalue weighted by Crippen LogP contribution is -2.22. The summed E-state index contributed by atoms with van der Waals surface area (Å²) in [5.74, 6) is 0.609. The quantitative estimate of drug-likeness (QED) is 0.886. The van der Waals surface area contributed by atoms with E-state index in [1.54, 1.807) is 38.4 Å². The minimum absolute atomic E-state index is 0.0527. The molecular weight excluding hydrogens is 228 g/mol. The van der Waals surface area contributed by atoms with Gasteiger partial charge in [-0.25, -0.2) is 0 Å². The summed E-state index contributed by atoms with van der Waals surface area (Å²) in [7, 11) is 3.42. The third-order valence-electron chi connectivity index (χ3n) is 3.23. The number of benzene rings is 1. The summed E-state index contributed by atoms with van der Waals surface area (Å²) in [4.78, 5) is 25.1. The highest BCUT2D eigenvalue weighted by Crippen LogP contribution is 2.38. The van der Waals surface area contributed by atoms with E-state index < -0.39 is 0 Å². The molecule has 0 bridgehead atoms. The molecule has 1 saturated carbocycles. The van der Waals surface area contributed by atoms with Gasteiger partial charge in [-0.15, -0.1) is 0 Å². The van der Waals surface area contributed by atoms with E-state index >= 15 is 0 Å². The minimum atomic E-state index is -0.0640. The summed E-state index contributed by atoms with van der Waals surface area (Å²) in [5.41, 5.74) is 1.27. The van der Waals surface area contributed by atoms with Gasteiger partial charge in [-0.3, -0.25) is 9.59 Å². The fourth-order valence-corrected chi connectivity index (χ4v) is 1.91. The highest BCUT2D eigenvalue weighted by Gasteiger charge is 2.39. The minimum Gasteiger partial charge on any atom is -0.345 e. The van der Waals surface area contributed by atoms with Crippen molar-refractivity contribution in [1.82, 2.24) is 4.90 Å². The molecule has 1 aliphatic carbocycles. The van der Waals surface area contributed by atoms with Crippen molar-refractivity contribution >= 4 is 17.5 Å². The Bertz CT molecular complexity index is 482. The van der Waals surface area contributed by atoms with E-state index in [1.807, 2.05) is 0 Å². The molecule has 1 fully saturated rings. The molecule has 1 N–H and O–H groups in total. The van der Waals surface area contributed by atoms with Crippen LogP contribution >= 0.6 is 0 Å². The summed E-state index contributed by atoms with van der Waals surface area (Å²) < 4.78 is 0. The first-order valence-electron chi connectivity index (χ1n) is 6.11. The van der Waals surface area contributed by atoms with Crippen molar-refractivity contribution in [3.63, 3.8) is 0 Å². The van der Waals surface area contributed by atoms with Crippen molar-refractivity contribution in [1.29, 1.82) is 0 Å². The van der Waals surface area contributed by atoms with E-state index in [4.69, 9.17) is 0 Å². The van der Waals surface area contributed by atoms with Crippen molar-refractivity contribution in [2.75, 3.05) is 19.4 Å².